The van der Waals surface area contributed by atoms with Crippen molar-refractivity contribution in [2.45, 2.75) is 12.8 Å². The van der Waals surface area contributed by atoms with Gasteiger partial charge in [0.1, 0.15) is 17.1 Å². The number of Topliss-reactive ketones (excluding diaryl/α,β-unsaturated/α-hetero) is 1. The van der Waals surface area contributed by atoms with E-state index in [0.29, 0.717) is 37.1 Å². The third-order valence-electron chi connectivity index (χ3n) is 5.51. The molecule has 0 saturated carbocycles. The van der Waals surface area contributed by atoms with Gasteiger partial charge in [0.05, 0.1) is 13.3 Å². The molecule has 1 aliphatic heterocycles. The van der Waals surface area contributed by atoms with Crippen LogP contribution < -0.4 is 4.74 Å². The Labute approximate surface area is 169 Å². The van der Waals surface area contributed by atoms with Gasteiger partial charge in [-0.15, -0.1) is 0 Å². The number of carbonyl (C=O) groups excluding carboxylic acids is 2. The van der Waals surface area contributed by atoms with E-state index in [1.807, 2.05) is 41.0 Å². The number of ketones is 1. The largest absolute Gasteiger partial charge is 0.497 e. The highest BCUT2D eigenvalue weighted by Crippen LogP contribution is 2.25. The van der Waals surface area contributed by atoms with E-state index in [0.717, 1.165) is 11.6 Å². The molecule has 0 bridgehead atoms. The molecule has 1 aromatic carbocycles. The molecule has 3 aromatic rings. The standard InChI is InChI=1S/C22H24N4O3/c1-24-21(25-11-3-4-12-25)19(15-23-24)22(28)26-13-9-17(10-14-26)20(27)16-5-7-18(29-2)8-6-16/h3-8,11-12,15,17H,9-10,13-14H2,1-2H3. The summed E-state index contributed by atoms with van der Waals surface area (Å²) >= 11 is 0. The minimum Gasteiger partial charge on any atom is -0.497 e. The van der Waals surface area contributed by atoms with E-state index in [1.54, 1.807) is 42.3 Å². The van der Waals surface area contributed by atoms with Crippen molar-refractivity contribution < 1.29 is 14.3 Å². The fourth-order valence-corrected chi connectivity index (χ4v) is 3.87. The molecule has 0 atom stereocenters. The summed E-state index contributed by atoms with van der Waals surface area (Å²) in [4.78, 5) is 27.7. The minimum absolute atomic E-state index is 0.0443. The Morgan fingerprint density at radius 2 is 1.72 bits per heavy atom. The first-order valence-corrected chi connectivity index (χ1v) is 9.71. The van der Waals surface area contributed by atoms with Crippen LogP contribution >= 0.6 is 0 Å². The number of methoxy groups -OCH3 is 1. The maximum absolute atomic E-state index is 13.1. The lowest BCUT2D eigenvalue weighted by atomic mass is 9.88. The Hall–Kier alpha value is -3.35. The molecule has 0 spiro atoms. The highest BCUT2D eigenvalue weighted by atomic mass is 16.5. The first kappa shape index (κ1) is 19.0. The Balaban J connectivity index is 1.43. The maximum Gasteiger partial charge on any atom is 0.259 e. The number of aryl methyl sites for hydroxylation is 1. The summed E-state index contributed by atoms with van der Waals surface area (Å²) in [6.07, 6.45) is 6.73. The van der Waals surface area contributed by atoms with Crippen LogP contribution in [-0.4, -0.2) is 51.1 Å². The second kappa shape index (κ2) is 7.95. The topological polar surface area (TPSA) is 69.4 Å². The molecule has 0 unspecified atom stereocenters. The number of nitrogens with zero attached hydrogens (tertiary/aromatic N) is 4. The van der Waals surface area contributed by atoms with Crippen molar-refractivity contribution >= 4 is 11.7 Å². The predicted molar refractivity (Wildman–Crippen MR) is 108 cm³/mol. The average molecular weight is 392 g/mol. The van der Waals surface area contributed by atoms with Crippen LogP contribution in [0.2, 0.25) is 0 Å². The average Bonchev–Trinajstić information content (AvgIpc) is 3.42. The molecule has 0 radical (unpaired) electrons. The Kier molecular flexibility index (Phi) is 5.20. The summed E-state index contributed by atoms with van der Waals surface area (Å²) < 4.78 is 8.74. The number of hydrogen-bond donors (Lipinski definition) is 0. The van der Waals surface area contributed by atoms with Crippen LogP contribution in [-0.2, 0) is 7.05 Å². The van der Waals surface area contributed by atoms with Crippen molar-refractivity contribution in [3.63, 3.8) is 0 Å². The first-order valence-electron chi connectivity index (χ1n) is 9.71. The molecule has 0 aliphatic carbocycles. The molecular formula is C22H24N4O3. The van der Waals surface area contributed by atoms with E-state index in [1.165, 1.54) is 0 Å². The highest BCUT2D eigenvalue weighted by molar-refractivity contribution is 5.99. The molecule has 3 heterocycles. The number of piperidine rings is 1. The van der Waals surface area contributed by atoms with Gasteiger partial charge in [0.25, 0.3) is 5.91 Å². The monoisotopic (exact) mass is 392 g/mol. The number of ether oxygens (including phenoxy) is 1. The smallest absolute Gasteiger partial charge is 0.259 e. The summed E-state index contributed by atoms with van der Waals surface area (Å²) in [7, 11) is 3.43. The van der Waals surface area contributed by atoms with Gasteiger partial charge in [0, 0.05) is 44.0 Å². The molecule has 1 fully saturated rings. The zero-order valence-electron chi connectivity index (χ0n) is 16.6. The van der Waals surface area contributed by atoms with Crippen LogP contribution in [0, 0.1) is 5.92 Å². The first-order chi connectivity index (χ1) is 14.1. The van der Waals surface area contributed by atoms with Gasteiger partial charge in [-0.1, -0.05) is 0 Å². The van der Waals surface area contributed by atoms with Crippen molar-refractivity contribution in [3.05, 3.63) is 66.1 Å². The van der Waals surface area contributed by atoms with E-state index in [-0.39, 0.29) is 17.6 Å². The number of rotatable bonds is 5. The number of aromatic nitrogens is 3. The molecule has 29 heavy (non-hydrogen) atoms. The summed E-state index contributed by atoms with van der Waals surface area (Å²) in [6, 6.07) is 11.0. The molecule has 1 saturated heterocycles. The van der Waals surface area contributed by atoms with Crippen molar-refractivity contribution in [1.29, 1.82) is 0 Å². The summed E-state index contributed by atoms with van der Waals surface area (Å²) in [5.41, 5.74) is 1.27. The van der Waals surface area contributed by atoms with Crippen molar-refractivity contribution in [2.75, 3.05) is 20.2 Å². The number of amides is 1. The van der Waals surface area contributed by atoms with Gasteiger partial charge in [-0.2, -0.15) is 5.10 Å². The number of benzene rings is 1. The molecule has 150 valence electrons. The minimum atomic E-state index is -0.0646. The van der Waals surface area contributed by atoms with Gasteiger partial charge in [-0.05, 0) is 49.2 Å². The molecule has 1 aliphatic rings. The zero-order valence-corrected chi connectivity index (χ0v) is 16.6. The van der Waals surface area contributed by atoms with E-state index >= 15 is 0 Å². The third kappa shape index (κ3) is 3.68. The van der Waals surface area contributed by atoms with Crippen LogP contribution in [0.5, 0.6) is 5.75 Å². The van der Waals surface area contributed by atoms with Crippen LogP contribution in [0.4, 0.5) is 0 Å². The fraction of sp³-hybridized carbons (Fsp3) is 0.318. The summed E-state index contributed by atoms with van der Waals surface area (Å²) in [5.74, 6) is 1.50. The normalized spacial score (nSPS) is 14.8. The van der Waals surface area contributed by atoms with Gasteiger partial charge in [0.2, 0.25) is 0 Å². The van der Waals surface area contributed by atoms with Crippen molar-refractivity contribution in [3.8, 4) is 11.6 Å². The fourth-order valence-electron chi connectivity index (χ4n) is 3.87. The molecule has 1 amide bonds. The lowest BCUT2D eigenvalue weighted by molar-refractivity contribution is 0.0650. The molecular weight excluding hydrogens is 368 g/mol. The summed E-state index contributed by atoms with van der Waals surface area (Å²) in [6.45, 7) is 1.12. The number of hydrogen-bond acceptors (Lipinski definition) is 4. The molecule has 7 nitrogen and oxygen atoms in total. The van der Waals surface area contributed by atoms with Crippen molar-refractivity contribution in [2.24, 2.45) is 13.0 Å². The lowest BCUT2D eigenvalue weighted by Gasteiger charge is -2.31. The summed E-state index contributed by atoms with van der Waals surface area (Å²) in [5, 5.41) is 4.27. The zero-order chi connectivity index (χ0) is 20.4. The third-order valence-corrected chi connectivity index (χ3v) is 5.51. The number of likely N-dealkylation sites (tertiary alicyclic amines) is 1. The Morgan fingerprint density at radius 1 is 1.07 bits per heavy atom. The molecule has 2 aromatic heterocycles. The molecule has 0 N–H and O–H groups in total. The van der Waals surface area contributed by atoms with Crippen LogP contribution in [0.1, 0.15) is 33.6 Å². The SMILES string of the molecule is COc1ccc(C(=O)C2CCN(C(=O)c3cnn(C)c3-n3cccc3)CC2)cc1. The van der Waals surface area contributed by atoms with Crippen LogP contribution in [0.25, 0.3) is 5.82 Å². The van der Waals surface area contributed by atoms with Crippen LogP contribution in [0.3, 0.4) is 0 Å². The molecule has 7 heteroatoms. The maximum atomic E-state index is 13.1. The van der Waals surface area contributed by atoms with Crippen LogP contribution in [0.15, 0.2) is 55.0 Å². The second-order valence-corrected chi connectivity index (χ2v) is 7.25. The van der Waals surface area contributed by atoms with Crippen molar-refractivity contribution in [1.82, 2.24) is 19.2 Å². The quantitative estimate of drug-likeness (QED) is 0.626. The highest BCUT2D eigenvalue weighted by Gasteiger charge is 2.30. The second-order valence-electron chi connectivity index (χ2n) is 7.25. The van der Waals surface area contributed by atoms with E-state index in [2.05, 4.69) is 5.10 Å². The lowest BCUT2D eigenvalue weighted by Crippen LogP contribution is -2.40. The van der Waals surface area contributed by atoms with E-state index in [9.17, 15) is 9.59 Å². The van der Waals surface area contributed by atoms with E-state index < -0.39 is 0 Å². The van der Waals surface area contributed by atoms with E-state index in [4.69, 9.17) is 4.74 Å². The number of carbonyl (C=O) groups is 2. The molecule has 4 rings (SSSR count). The van der Waals surface area contributed by atoms with Gasteiger partial charge >= 0.3 is 0 Å². The van der Waals surface area contributed by atoms with Gasteiger partial charge in [0.15, 0.2) is 5.78 Å². The van der Waals surface area contributed by atoms with Gasteiger partial charge in [-0.3, -0.25) is 14.3 Å². The van der Waals surface area contributed by atoms with Gasteiger partial charge in [-0.25, -0.2) is 0 Å². The Bertz CT molecular complexity index is 997. The van der Waals surface area contributed by atoms with Gasteiger partial charge < -0.3 is 14.2 Å². The predicted octanol–water partition coefficient (Wildman–Crippen LogP) is 2.95. The Morgan fingerprint density at radius 3 is 2.34 bits per heavy atom.